The normalized spacial score (nSPS) is 28.6. The quantitative estimate of drug-likeness (QED) is 0.859. The third-order valence-electron chi connectivity index (χ3n) is 4.89. The number of quaternary nitrogens is 1. The first-order valence-corrected chi connectivity index (χ1v) is 7.71. The van der Waals surface area contributed by atoms with Crippen LogP contribution in [0.15, 0.2) is 30.3 Å². The number of hydrogen-bond acceptors (Lipinski definition) is 2. The summed E-state index contributed by atoms with van der Waals surface area (Å²) < 4.78 is 5.95. The molecule has 4 N–H and O–H groups in total. The number of hydrogen-bond donors (Lipinski definition) is 2. The van der Waals surface area contributed by atoms with Crippen LogP contribution in [0.2, 0.25) is 0 Å². The van der Waals surface area contributed by atoms with Gasteiger partial charge >= 0.3 is 0 Å². The Balaban J connectivity index is 2.39. The highest BCUT2D eigenvalue weighted by atomic mass is 16.5. The van der Waals surface area contributed by atoms with Crippen molar-refractivity contribution in [2.45, 2.75) is 38.2 Å². The average Bonchev–Trinajstić information content (AvgIpc) is 2.49. The fraction of sp³-hybridized carbons (Fsp3) is 0.647. The van der Waals surface area contributed by atoms with Crippen LogP contribution in [0.1, 0.15) is 32.3 Å². The Morgan fingerprint density at radius 1 is 1.35 bits per heavy atom. The van der Waals surface area contributed by atoms with E-state index < -0.39 is 0 Å². The molecule has 20 heavy (non-hydrogen) atoms. The van der Waals surface area contributed by atoms with Crippen LogP contribution >= 0.6 is 0 Å². The highest BCUT2D eigenvalue weighted by Crippen LogP contribution is 2.44. The van der Waals surface area contributed by atoms with Crippen molar-refractivity contribution < 1.29 is 15.6 Å². The minimum absolute atomic E-state index is 0.00491. The number of rotatable bonds is 5. The molecule has 1 heterocycles. The summed E-state index contributed by atoms with van der Waals surface area (Å²) in [5.41, 5.74) is 5.41. The molecule has 1 fully saturated rings. The lowest BCUT2D eigenvalue weighted by Gasteiger charge is -2.46. The van der Waals surface area contributed by atoms with Crippen molar-refractivity contribution in [3.63, 3.8) is 0 Å². The van der Waals surface area contributed by atoms with Gasteiger partial charge in [-0.15, -0.1) is 0 Å². The van der Waals surface area contributed by atoms with Crippen LogP contribution in [0.3, 0.4) is 0 Å². The van der Waals surface area contributed by atoms with E-state index in [1.54, 1.807) is 0 Å². The molecule has 0 bridgehead atoms. The molecule has 3 nitrogen and oxygen atoms in total. The lowest BCUT2D eigenvalue weighted by molar-refractivity contribution is -0.386. The van der Waals surface area contributed by atoms with E-state index in [4.69, 9.17) is 4.74 Å². The van der Waals surface area contributed by atoms with Gasteiger partial charge in [-0.3, -0.25) is 0 Å². The van der Waals surface area contributed by atoms with Crippen LogP contribution < -0.4 is 5.73 Å². The first-order chi connectivity index (χ1) is 9.64. The third-order valence-corrected chi connectivity index (χ3v) is 4.89. The Kier molecular flexibility index (Phi) is 5.19. The molecular weight excluding hydrogens is 250 g/mol. The maximum absolute atomic E-state index is 9.85. The molecule has 0 spiro atoms. The van der Waals surface area contributed by atoms with Gasteiger partial charge in [0, 0.05) is 17.9 Å². The topological polar surface area (TPSA) is 57.1 Å². The van der Waals surface area contributed by atoms with Crippen molar-refractivity contribution in [1.82, 2.24) is 0 Å². The number of aliphatic hydroxyl groups is 1. The van der Waals surface area contributed by atoms with Crippen LogP contribution in [0, 0.1) is 11.8 Å². The van der Waals surface area contributed by atoms with Crippen LogP contribution in [-0.4, -0.2) is 31.0 Å². The number of benzene rings is 1. The molecule has 2 rings (SSSR count). The minimum Gasteiger partial charge on any atom is -0.396 e. The molecule has 3 atom stereocenters. The van der Waals surface area contributed by atoms with Gasteiger partial charge in [-0.25, -0.2) is 0 Å². The van der Waals surface area contributed by atoms with E-state index in [2.05, 4.69) is 49.9 Å². The summed E-state index contributed by atoms with van der Waals surface area (Å²) in [6, 6.07) is 10.6. The van der Waals surface area contributed by atoms with Crippen LogP contribution in [0.5, 0.6) is 0 Å². The molecule has 1 aliphatic heterocycles. The van der Waals surface area contributed by atoms with E-state index in [1.807, 2.05) is 0 Å². The first kappa shape index (κ1) is 15.5. The Bertz CT molecular complexity index is 403. The molecule has 0 unspecified atom stereocenters. The summed E-state index contributed by atoms with van der Waals surface area (Å²) in [7, 11) is 0. The largest absolute Gasteiger partial charge is 0.396 e. The van der Waals surface area contributed by atoms with Gasteiger partial charge in [0.25, 0.3) is 0 Å². The minimum atomic E-state index is 0.00491. The van der Waals surface area contributed by atoms with E-state index in [9.17, 15) is 5.11 Å². The molecule has 0 saturated carbocycles. The maximum atomic E-state index is 9.85. The molecule has 0 radical (unpaired) electrons. The summed E-state index contributed by atoms with van der Waals surface area (Å²) in [5, 5.41) is 9.85. The molecule has 0 amide bonds. The Labute approximate surface area is 122 Å². The average molecular weight is 278 g/mol. The second-order valence-electron chi connectivity index (χ2n) is 6.30. The summed E-state index contributed by atoms with van der Waals surface area (Å²) in [5.74, 6) is 0.706. The van der Waals surface area contributed by atoms with E-state index >= 15 is 0 Å². The molecular formula is C17H28NO2+. The summed E-state index contributed by atoms with van der Waals surface area (Å²) in [6.45, 7) is 6.15. The highest BCUT2D eigenvalue weighted by molar-refractivity contribution is 5.28. The molecule has 1 aliphatic rings. The van der Waals surface area contributed by atoms with Crippen molar-refractivity contribution in [1.29, 1.82) is 0 Å². The van der Waals surface area contributed by atoms with Crippen LogP contribution in [-0.2, 0) is 10.2 Å². The summed E-state index contributed by atoms with van der Waals surface area (Å²) in [4.78, 5) is 0. The Morgan fingerprint density at radius 3 is 2.60 bits per heavy atom. The van der Waals surface area contributed by atoms with Crippen molar-refractivity contribution in [3.05, 3.63) is 35.9 Å². The summed E-state index contributed by atoms with van der Waals surface area (Å²) in [6.07, 6.45) is 2.22. The van der Waals surface area contributed by atoms with Crippen molar-refractivity contribution in [2.75, 3.05) is 19.8 Å². The smallest absolute Gasteiger partial charge is 0.0799 e. The van der Waals surface area contributed by atoms with Gasteiger partial charge in [0.15, 0.2) is 0 Å². The Morgan fingerprint density at radius 2 is 2.05 bits per heavy atom. The van der Waals surface area contributed by atoms with E-state index in [-0.39, 0.29) is 24.0 Å². The molecule has 1 aromatic carbocycles. The van der Waals surface area contributed by atoms with E-state index in [1.165, 1.54) is 5.56 Å². The monoisotopic (exact) mass is 278 g/mol. The predicted molar refractivity (Wildman–Crippen MR) is 80.3 cm³/mol. The van der Waals surface area contributed by atoms with Gasteiger partial charge in [-0.05, 0) is 24.3 Å². The molecule has 3 heteroatoms. The number of ether oxygens (including phenoxy) is 1. The second kappa shape index (κ2) is 6.70. The highest BCUT2D eigenvalue weighted by Gasteiger charge is 2.45. The molecule has 1 aromatic rings. The van der Waals surface area contributed by atoms with Gasteiger partial charge in [-0.1, -0.05) is 44.2 Å². The van der Waals surface area contributed by atoms with Gasteiger partial charge in [-0.2, -0.15) is 0 Å². The van der Waals surface area contributed by atoms with Crippen molar-refractivity contribution >= 4 is 0 Å². The van der Waals surface area contributed by atoms with Gasteiger partial charge in [0.05, 0.1) is 19.3 Å². The van der Waals surface area contributed by atoms with E-state index in [0.717, 1.165) is 26.0 Å². The fourth-order valence-corrected chi connectivity index (χ4v) is 3.52. The molecule has 0 aromatic heterocycles. The standard InChI is InChI=1S/C17H27NO2/c1-13(2)16-10-17(8-9-20-16,15(11-18)12-19)14-6-4-3-5-7-14/h3-7,13,15-16,19H,8-12,18H2,1-2H3/p+1/t15-,16-,17+/m1/s1. The lowest BCUT2D eigenvalue weighted by atomic mass is 9.63. The first-order valence-electron chi connectivity index (χ1n) is 7.71. The predicted octanol–water partition coefficient (Wildman–Crippen LogP) is 1.61. The van der Waals surface area contributed by atoms with Crippen LogP contribution in [0.25, 0.3) is 0 Å². The second-order valence-corrected chi connectivity index (χ2v) is 6.30. The van der Waals surface area contributed by atoms with Crippen LogP contribution in [0.4, 0.5) is 0 Å². The zero-order chi connectivity index (χ0) is 14.6. The molecule has 112 valence electrons. The van der Waals surface area contributed by atoms with Crippen molar-refractivity contribution in [2.24, 2.45) is 11.8 Å². The fourth-order valence-electron chi connectivity index (χ4n) is 3.52. The van der Waals surface area contributed by atoms with E-state index in [0.29, 0.717) is 5.92 Å². The molecule has 0 aliphatic carbocycles. The Hall–Kier alpha value is -0.900. The molecule has 1 saturated heterocycles. The SMILES string of the molecule is CC(C)[C@H]1C[C@@](c2ccccc2)([C@H](C[NH3+])CO)CCO1. The third kappa shape index (κ3) is 2.90. The van der Waals surface area contributed by atoms with Crippen molar-refractivity contribution in [3.8, 4) is 0 Å². The number of aliphatic hydroxyl groups excluding tert-OH is 1. The lowest BCUT2D eigenvalue weighted by Crippen LogP contribution is -2.60. The summed E-state index contributed by atoms with van der Waals surface area (Å²) >= 11 is 0. The zero-order valence-corrected chi connectivity index (χ0v) is 12.7. The van der Waals surface area contributed by atoms with Gasteiger partial charge in [0.1, 0.15) is 0 Å². The zero-order valence-electron chi connectivity index (χ0n) is 12.7. The van der Waals surface area contributed by atoms with Gasteiger partial charge in [0.2, 0.25) is 0 Å². The van der Waals surface area contributed by atoms with Gasteiger partial charge < -0.3 is 15.6 Å². The maximum Gasteiger partial charge on any atom is 0.0799 e.